The Morgan fingerprint density at radius 1 is 1.14 bits per heavy atom. The second-order valence-corrected chi connectivity index (χ2v) is 5.73. The molecule has 0 N–H and O–H groups in total. The summed E-state index contributed by atoms with van der Waals surface area (Å²) in [6.45, 7) is 1.71. The van der Waals surface area contributed by atoms with Gasteiger partial charge in [-0.15, -0.1) is 0 Å². The Balaban J connectivity index is 2.06. The Morgan fingerprint density at radius 3 is 2.33 bits per heavy atom. The van der Waals surface area contributed by atoms with Gasteiger partial charge in [0, 0.05) is 11.8 Å². The molecule has 0 radical (unpaired) electrons. The minimum absolute atomic E-state index is 0.0812. The normalized spacial score (nSPS) is 13.0. The highest BCUT2D eigenvalue weighted by molar-refractivity contribution is 8.00. The van der Waals surface area contributed by atoms with E-state index in [0.29, 0.717) is 10.6 Å². The average Bonchev–Trinajstić information content (AvgIpc) is 2.47. The molecule has 6 heteroatoms. The van der Waals surface area contributed by atoms with Crippen molar-refractivity contribution in [2.45, 2.75) is 23.4 Å². The summed E-state index contributed by atoms with van der Waals surface area (Å²) in [6, 6.07) is 11.0. The first kappa shape index (κ1) is 15.6. The molecule has 1 aromatic heterocycles. The van der Waals surface area contributed by atoms with Gasteiger partial charge in [0.05, 0.1) is 15.8 Å². The SMILES string of the molecule is CC(Sc1ccc(C(F)(F)F)cn1)C(=O)c1ccccc1. The fraction of sp³-hybridized carbons (Fsp3) is 0.200. The molecule has 1 atom stereocenters. The number of aromatic nitrogens is 1. The Labute approximate surface area is 124 Å². The number of alkyl halides is 3. The molecule has 0 fully saturated rings. The van der Waals surface area contributed by atoms with Crippen molar-refractivity contribution in [2.75, 3.05) is 0 Å². The maximum atomic E-state index is 12.4. The highest BCUT2D eigenvalue weighted by atomic mass is 32.2. The minimum atomic E-state index is -4.40. The van der Waals surface area contributed by atoms with Crippen LogP contribution in [0.15, 0.2) is 53.7 Å². The van der Waals surface area contributed by atoms with E-state index in [4.69, 9.17) is 0 Å². The van der Waals surface area contributed by atoms with E-state index in [2.05, 4.69) is 4.98 Å². The minimum Gasteiger partial charge on any atom is -0.293 e. The van der Waals surface area contributed by atoms with E-state index in [1.165, 1.54) is 6.07 Å². The smallest absolute Gasteiger partial charge is 0.293 e. The van der Waals surface area contributed by atoms with Crippen molar-refractivity contribution in [1.82, 2.24) is 4.98 Å². The molecule has 1 unspecified atom stereocenters. The Morgan fingerprint density at radius 2 is 1.81 bits per heavy atom. The Kier molecular flexibility index (Phi) is 4.67. The van der Waals surface area contributed by atoms with Crippen LogP contribution in [0.25, 0.3) is 0 Å². The van der Waals surface area contributed by atoms with Crippen molar-refractivity contribution in [3.63, 3.8) is 0 Å². The lowest BCUT2D eigenvalue weighted by Crippen LogP contribution is -2.13. The topological polar surface area (TPSA) is 30.0 Å². The van der Waals surface area contributed by atoms with E-state index in [9.17, 15) is 18.0 Å². The summed E-state index contributed by atoms with van der Waals surface area (Å²) in [7, 11) is 0. The van der Waals surface area contributed by atoms with Crippen LogP contribution in [-0.2, 0) is 6.18 Å². The number of thioether (sulfide) groups is 1. The van der Waals surface area contributed by atoms with Crippen LogP contribution in [-0.4, -0.2) is 16.0 Å². The summed E-state index contributed by atoms with van der Waals surface area (Å²) in [4.78, 5) is 15.9. The summed E-state index contributed by atoms with van der Waals surface area (Å²) in [6.07, 6.45) is -3.62. The second kappa shape index (κ2) is 6.30. The van der Waals surface area contributed by atoms with Crippen LogP contribution in [0.2, 0.25) is 0 Å². The third-order valence-electron chi connectivity index (χ3n) is 2.79. The zero-order chi connectivity index (χ0) is 15.5. The molecular weight excluding hydrogens is 299 g/mol. The van der Waals surface area contributed by atoms with Crippen LogP contribution in [0, 0.1) is 0 Å². The first-order valence-corrected chi connectivity index (χ1v) is 7.05. The highest BCUT2D eigenvalue weighted by Gasteiger charge is 2.30. The largest absolute Gasteiger partial charge is 0.417 e. The molecule has 2 rings (SSSR count). The van der Waals surface area contributed by atoms with Crippen molar-refractivity contribution >= 4 is 17.5 Å². The number of carbonyl (C=O) groups is 1. The number of ketones is 1. The quantitative estimate of drug-likeness (QED) is 0.616. The monoisotopic (exact) mass is 311 g/mol. The van der Waals surface area contributed by atoms with Crippen molar-refractivity contribution in [3.8, 4) is 0 Å². The summed E-state index contributed by atoms with van der Waals surface area (Å²) in [5.41, 5.74) is -0.224. The maximum Gasteiger partial charge on any atom is 0.417 e. The fourth-order valence-electron chi connectivity index (χ4n) is 1.69. The van der Waals surface area contributed by atoms with Gasteiger partial charge in [-0.2, -0.15) is 13.2 Å². The standard InChI is InChI=1S/C15H12F3NOS/c1-10(14(20)11-5-3-2-4-6-11)21-13-8-7-12(9-19-13)15(16,17)18/h2-10H,1H3. The zero-order valence-corrected chi connectivity index (χ0v) is 11.9. The number of Topliss-reactive ketones (excluding diaryl/α,β-unsaturated/α-hetero) is 1. The fourth-order valence-corrected chi connectivity index (χ4v) is 2.55. The van der Waals surface area contributed by atoms with Crippen LogP contribution in [0.4, 0.5) is 13.2 Å². The van der Waals surface area contributed by atoms with Gasteiger partial charge in [-0.25, -0.2) is 4.98 Å². The highest BCUT2D eigenvalue weighted by Crippen LogP contribution is 2.30. The van der Waals surface area contributed by atoms with Crippen molar-refractivity contribution < 1.29 is 18.0 Å². The number of pyridine rings is 1. The Hall–Kier alpha value is -1.82. The van der Waals surface area contributed by atoms with Crippen LogP contribution >= 0.6 is 11.8 Å². The number of halogens is 3. The predicted molar refractivity (Wildman–Crippen MR) is 75.3 cm³/mol. The second-order valence-electron chi connectivity index (χ2n) is 4.37. The molecule has 1 aromatic carbocycles. The lowest BCUT2D eigenvalue weighted by molar-refractivity contribution is -0.137. The summed E-state index contributed by atoms with van der Waals surface area (Å²) >= 11 is 1.14. The van der Waals surface area contributed by atoms with Crippen LogP contribution in [0.3, 0.4) is 0 Å². The van der Waals surface area contributed by atoms with E-state index in [-0.39, 0.29) is 5.78 Å². The van der Waals surface area contributed by atoms with Gasteiger partial charge in [-0.05, 0) is 19.1 Å². The summed E-state index contributed by atoms with van der Waals surface area (Å²) in [5, 5.41) is -0.0311. The lowest BCUT2D eigenvalue weighted by Gasteiger charge is -2.11. The molecule has 1 heterocycles. The molecule has 0 aliphatic carbocycles. The third kappa shape index (κ3) is 4.07. The maximum absolute atomic E-state index is 12.4. The van der Waals surface area contributed by atoms with Gasteiger partial charge >= 0.3 is 6.18 Å². The van der Waals surface area contributed by atoms with E-state index in [0.717, 1.165) is 24.0 Å². The van der Waals surface area contributed by atoms with Crippen molar-refractivity contribution in [2.24, 2.45) is 0 Å². The van der Waals surface area contributed by atoms with Crippen molar-refractivity contribution in [3.05, 3.63) is 59.8 Å². The third-order valence-corrected chi connectivity index (χ3v) is 3.84. The van der Waals surface area contributed by atoms with Crippen LogP contribution in [0.5, 0.6) is 0 Å². The number of rotatable bonds is 4. The van der Waals surface area contributed by atoms with E-state index in [1.54, 1.807) is 31.2 Å². The molecule has 21 heavy (non-hydrogen) atoms. The van der Waals surface area contributed by atoms with Gasteiger partial charge in [0.1, 0.15) is 0 Å². The molecule has 0 aliphatic rings. The number of benzene rings is 1. The lowest BCUT2D eigenvalue weighted by atomic mass is 10.1. The average molecular weight is 311 g/mol. The van der Waals surface area contributed by atoms with Gasteiger partial charge in [0.2, 0.25) is 0 Å². The van der Waals surface area contributed by atoms with Gasteiger partial charge in [-0.3, -0.25) is 4.79 Å². The number of hydrogen-bond donors (Lipinski definition) is 0. The summed E-state index contributed by atoms with van der Waals surface area (Å²) in [5.74, 6) is -0.0812. The first-order valence-electron chi connectivity index (χ1n) is 6.17. The summed E-state index contributed by atoms with van der Waals surface area (Å²) < 4.78 is 37.3. The molecule has 0 amide bonds. The van der Waals surface area contributed by atoms with Crippen molar-refractivity contribution in [1.29, 1.82) is 0 Å². The molecular formula is C15H12F3NOS. The molecule has 2 aromatic rings. The zero-order valence-electron chi connectivity index (χ0n) is 11.1. The Bertz CT molecular complexity index is 611. The molecule has 0 saturated carbocycles. The molecule has 0 bridgehead atoms. The van der Waals surface area contributed by atoms with Crippen LogP contribution < -0.4 is 0 Å². The number of nitrogens with zero attached hydrogens (tertiary/aromatic N) is 1. The molecule has 0 aliphatic heterocycles. The van der Waals surface area contributed by atoms with E-state index >= 15 is 0 Å². The molecule has 2 nitrogen and oxygen atoms in total. The van der Waals surface area contributed by atoms with Crippen LogP contribution in [0.1, 0.15) is 22.8 Å². The van der Waals surface area contributed by atoms with E-state index < -0.39 is 17.0 Å². The molecule has 0 saturated heterocycles. The van der Waals surface area contributed by atoms with Gasteiger partial charge in [-0.1, -0.05) is 42.1 Å². The predicted octanol–water partition coefficient (Wildman–Crippen LogP) is 4.46. The van der Waals surface area contributed by atoms with Gasteiger partial charge in [0.15, 0.2) is 5.78 Å². The first-order chi connectivity index (χ1) is 9.88. The molecule has 110 valence electrons. The van der Waals surface area contributed by atoms with Gasteiger partial charge in [0.25, 0.3) is 0 Å². The van der Waals surface area contributed by atoms with E-state index in [1.807, 2.05) is 6.07 Å². The number of hydrogen-bond acceptors (Lipinski definition) is 3. The number of carbonyl (C=O) groups excluding carboxylic acids is 1. The van der Waals surface area contributed by atoms with Gasteiger partial charge < -0.3 is 0 Å². The molecule has 0 spiro atoms.